The molecule has 4 aliphatic rings. The van der Waals surface area contributed by atoms with Crippen LogP contribution in [0.15, 0.2) is 43.4 Å². The average molecular weight is 836 g/mol. The zero-order valence-electron chi connectivity index (χ0n) is 33.6. The van der Waals surface area contributed by atoms with Gasteiger partial charge in [-0.1, -0.05) is 0 Å². The number of rotatable bonds is 10. The van der Waals surface area contributed by atoms with E-state index in [-0.39, 0.29) is 39.9 Å². The number of H-pyrrole nitrogens is 1. The molecule has 4 heterocycles. The van der Waals surface area contributed by atoms with E-state index < -0.39 is 42.2 Å². The molecule has 2 saturated carbocycles. The zero-order chi connectivity index (χ0) is 40.9. The number of fused-ring (bicyclic) bond motifs is 2. The number of nitrogen functional groups attached to an aromatic ring is 1. The predicted octanol–water partition coefficient (Wildman–Crippen LogP) is 3.77. The maximum atomic E-state index is 13.2. The van der Waals surface area contributed by atoms with Crippen molar-refractivity contribution in [3.63, 3.8) is 0 Å². The molecule has 2 aliphatic heterocycles. The number of nitriles is 2. The molecule has 15 heteroatoms. The summed E-state index contributed by atoms with van der Waals surface area (Å²) < 4.78 is 3.22. The molecule has 2 saturated heterocycles. The first-order chi connectivity index (χ1) is 26.9. The van der Waals surface area contributed by atoms with Crippen LogP contribution in [0.4, 0.5) is 11.4 Å². The molecule has 0 spiro atoms. The van der Waals surface area contributed by atoms with Crippen molar-refractivity contribution < 1.29 is 0 Å². The fourth-order valence-corrected chi connectivity index (χ4v) is 14.2. The van der Waals surface area contributed by atoms with E-state index in [0.717, 1.165) is 67.6 Å². The van der Waals surface area contributed by atoms with E-state index in [1.807, 2.05) is 59.7 Å². The quantitative estimate of drug-likeness (QED) is 0.156. The van der Waals surface area contributed by atoms with Gasteiger partial charge in [-0.15, -0.1) is 0 Å². The summed E-state index contributed by atoms with van der Waals surface area (Å²) in [5.41, 5.74) is 9.35. The number of aromatic nitrogens is 4. The Morgan fingerprint density at radius 2 is 1.35 bits per heavy atom. The third kappa shape index (κ3) is 6.22. The van der Waals surface area contributed by atoms with Gasteiger partial charge in [0.15, 0.2) is 0 Å². The van der Waals surface area contributed by atoms with E-state index in [1.165, 1.54) is 0 Å². The van der Waals surface area contributed by atoms with E-state index >= 15 is 0 Å². The molecule has 14 nitrogen and oxygen atoms in total. The summed E-state index contributed by atoms with van der Waals surface area (Å²) in [6.07, 6.45) is 5.13. The molecular formula is C42H52AsN10O4. The van der Waals surface area contributed by atoms with Gasteiger partial charge in [0.2, 0.25) is 0 Å². The SMILES string of the molecule is Cc1c(N2CCC(C([As]C(N)(C3CCN(c4ccc5c(=O)n(N)c(=O)n(C6CC6)c5c4C)C3)C(C)(C)C#N)C(C)(C)C#N)C2)ccc2c(=O)[nH]c(=O)n(C3CC3)c12. The van der Waals surface area contributed by atoms with Crippen molar-refractivity contribution in [2.24, 2.45) is 28.4 Å². The molecule has 4 aromatic rings. The second kappa shape index (κ2) is 13.7. The summed E-state index contributed by atoms with van der Waals surface area (Å²) in [6.45, 7) is 14.6. The first kappa shape index (κ1) is 39.1. The second-order valence-corrected chi connectivity index (χ2v) is 21.3. The monoisotopic (exact) mass is 835 g/mol. The number of nitrogens with two attached hydrogens (primary N) is 2. The van der Waals surface area contributed by atoms with E-state index in [2.05, 4.69) is 26.9 Å². The van der Waals surface area contributed by atoms with Gasteiger partial charge in [-0.25, -0.2) is 0 Å². The Kier molecular flexibility index (Phi) is 9.37. The number of anilines is 2. The number of benzene rings is 2. The number of nitrogens with one attached hydrogen (secondary N) is 1. The first-order valence-corrected chi connectivity index (χ1v) is 22.1. The third-order valence-corrected chi connectivity index (χ3v) is 19.1. The molecule has 5 N–H and O–H groups in total. The van der Waals surface area contributed by atoms with Crippen molar-refractivity contribution in [2.45, 2.75) is 101 Å². The number of hydrogen-bond donors (Lipinski definition) is 3. The molecule has 1 radical (unpaired) electrons. The number of aromatic amines is 1. The molecule has 0 amide bonds. The minimum absolute atomic E-state index is 0.0130. The van der Waals surface area contributed by atoms with Gasteiger partial charge in [0.05, 0.1) is 0 Å². The van der Waals surface area contributed by atoms with Crippen molar-refractivity contribution in [3.8, 4) is 12.1 Å². The van der Waals surface area contributed by atoms with Crippen LogP contribution in [0.1, 0.15) is 89.4 Å². The fraction of sp³-hybridized carbons (Fsp3) is 0.571. The van der Waals surface area contributed by atoms with E-state index in [0.29, 0.717) is 46.1 Å². The third-order valence-electron chi connectivity index (χ3n) is 13.5. The molecule has 8 rings (SSSR count). The number of nitrogens with zero attached hydrogens (tertiary/aromatic N) is 7. The van der Waals surface area contributed by atoms with Crippen molar-refractivity contribution in [1.29, 1.82) is 10.5 Å². The Morgan fingerprint density at radius 1 is 0.789 bits per heavy atom. The van der Waals surface area contributed by atoms with E-state index in [9.17, 15) is 29.7 Å². The number of hydrogen-bond acceptors (Lipinski definition) is 10. The molecule has 4 fully saturated rings. The van der Waals surface area contributed by atoms with E-state index in [4.69, 9.17) is 11.6 Å². The van der Waals surface area contributed by atoms with Gasteiger partial charge in [-0.3, -0.25) is 0 Å². The van der Waals surface area contributed by atoms with Crippen molar-refractivity contribution in [1.82, 2.24) is 18.8 Å². The summed E-state index contributed by atoms with van der Waals surface area (Å²) in [5, 5.41) is 22.3. The van der Waals surface area contributed by atoms with Crippen molar-refractivity contribution in [2.75, 3.05) is 41.8 Å². The Hall–Kier alpha value is -4.78. The molecule has 4 unspecified atom stereocenters. The molecule has 0 bridgehead atoms. The zero-order valence-corrected chi connectivity index (χ0v) is 35.5. The molecule has 4 atom stereocenters. The Bertz CT molecular complexity index is 2650. The molecule has 299 valence electrons. The standard InChI is InChI=1S/C42H52AsN10O4/c1-23-31(13-11-29-33(23)51(27-7-8-27)38(56)48-36(29)54)49-17-15-25(19-49)35(40(3,4)21-44)43-42(46,41(5,6)22-45)26-16-18-50(20-26)32-14-12-30-34(24(32)2)52(28-9-10-28)39(57)53(47)37(30)55/h11-14,25-28,35H,7-10,15-20,46-47H2,1-6H3,(H,48,54,56). The summed E-state index contributed by atoms with van der Waals surface area (Å²) >= 11 is -0.792. The summed E-state index contributed by atoms with van der Waals surface area (Å²) in [5.74, 6) is 6.01. The van der Waals surface area contributed by atoms with Gasteiger partial charge in [-0.05, 0) is 0 Å². The average Bonchev–Trinajstić information content (AvgIpc) is 4.10. The molecular weight excluding hydrogens is 783 g/mol. The fourth-order valence-electron chi connectivity index (χ4n) is 9.77. The first-order valence-electron chi connectivity index (χ1n) is 20.1. The van der Waals surface area contributed by atoms with Gasteiger partial charge >= 0.3 is 339 Å². The Balaban J connectivity index is 1.11. The minimum atomic E-state index is -0.901. The van der Waals surface area contributed by atoms with Crippen LogP contribution in [0.25, 0.3) is 21.8 Å². The van der Waals surface area contributed by atoms with Gasteiger partial charge in [0.1, 0.15) is 0 Å². The van der Waals surface area contributed by atoms with Crippen LogP contribution in [-0.2, 0) is 0 Å². The van der Waals surface area contributed by atoms with Crippen LogP contribution in [0, 0.1) is 59.2 Å². The van der Waals surface area contributed by atoms with Gasteiger partial charge in [0, 0.05) is 0 Å². The maximum absolute atomic E-state index is 13.2. The molecule has 2 aromatic carbocycles. The Labute approximate surface area is 337 Å². The van der Waals surface area contributed by atoms with E-state index in [1.54, 1.807) is 15.2 Å². The van der Waals surface area contributed by atoms with Crippen molar-refractivity contribution >= 4 is 48.9 Å². The van der Waals surface area contributed by atoms with Crippen LogP contribution >= 0.6 is 0 Å². The van der Waals surface area contributed by atoms with Crippen LogP contribution in [0.2, 0.25) is 4.71 Å². The van der Waals surface area contributed by atoms with Gasteiger partial charge in [0.25, 0.3) is 0 Å². The summed E-state index contributed by atoms with van der Waals surface area (Å²) in [4.78, 5) is 59.4. The molecule has 57 heavy (non-hydrogen) atoms. The molecule has 2 aromatic heterocycles. The topological polar surface area (TPSA) is 205 Å². The predicted molar refractivity (Wildman–Crippen MR) is 223 cm³/mol. The van der Waals surface area contributed by atoms with Crippen LogP contribution in [0.5, 0.6) is 0 Å². The van der Waals surface area contributed by atoms with Gasteiger partial charge in [-0.2, -0.15) is 0 Å². The Morgan fingerprint density at radius 3 is 1.95 bits per heavy atom. The van der Waals surface area contributed by atoms with Crippen LogP contribution < -0.4 is 43.9 Å². The van der Waals surface area contributed by atoms with Crippen molar-refractivity contribution in [3.05, 3.63) is 77.1 Å². The second-order valence-electron chi connectivity index (χ2n) is 18.0. The van der Waals surface area contributed by atoms with Crippen LogP contribution in [-0.4, -0.2) is 65.1 Å². The van der Waals surface area contributed by atoms with Gasteiger partial charge < -0.3 is 0 Å². The normalized spacial score (nSPS) is 22.1. The summed E-state index contributed by atoms with van der Waals surface area (Å²) in [6, 6.07) is 12.9. The number of aryl methyl sites for hydroxylation is 2. The summed E-state index contributed by atoms with van der Waals surface area (Å²) in [7, 11) is 0. The molecule has 2 aliphatic carbocycles. The van der Waals surface area contributed by atoms with Crippen LogP contribution in [0.3, 0.4) is 0 Å².